The molecule has 2 aromatic carbocycles. The number of nitriles is 1. The van der Waals surface area contributed by atoms with Gasteiger partial charge in [0.1, 0.15) is 6.07 Å². The molecule has 6 heteroatoms. The fraction of sp³-hybridized carbons (Fsp3) is 0. The van der Waals surface area contributed by atoms with Crippen LogP contribution in [0.15, 0.2) is 53.4 Å². The van der Waals surface area contributed by atoms with Gasteiger partial charge in [0.15, 0.2) is 0 Å². The predicted molar refractivity (Wildman–Crippen MR) is 73.4 cm³/mol. The van der Waals surface area contributed by atoms with Crippen LogP contribution in [0.4, 0.5) is 5.69 Å². The lowest BCUT2D eigenvalue weighted by atomic mass is 10.2. The molecule has 0 heterocycles. The van der Waals surface area contributed by atoms with Crippen molar-refractivity contribution in [1.82, 2.24) is 0 Å². The van der Waals surface area contributed by atoms with Crippen LogP contribution >= 0.6 is 11.6 Å². The molecule has 0 atom stereocenters. The summed E-state index contributed by atoms with van der Waals surface area (Å²) in [5.74, 6) is 0. The van der Waals surface area contributed by atoms with Crippen LogP contribution in [-0.4, -0.2) is 8.42 Å². The minimum absolute atomic E-state index is 0.156. The van der Waals surface area contributed by atoms with Crippen molar-refractivity contribution in [2.45, 2.75) is 4.90 Å². The number of nitrogens with zero attached hydrogens (tertiary/aromatic N) is 1. The summed E-state index contributed by atoms with van der Waals surface area (Å²) in [6, 6.07) is 14.2. The van der Waals surface area contributed by atoms with Crippen LogP contribution in [0.1, 0.15) is 5.56 Å². The van der Waals surface area contributed by atoms with E-state index in [-0.39, 0.29) is 15.5 Å². The Morgan fingerprint density at radius 1 is 1.11 bits per heavy atom. The Morgan fingerprint density at radius 2 is 1.79 bits per heavy atom. The van der Waals surface area contributed by atoms with E-state index in [1.54, 1.807) is 18.2 Å². The number of nitrogens with one attached hydrogen (secondary N) is 1. The lowest BCUT2D eigenvalue weighted by molar-refractivity contribution is 0.601. The molecule has 0 aromatic heterocycles. The average Bonchev–Trinajstić information content (AvgIpc) is 2.42. The molecule has 0 aliphatic carbocycles. The molecule has 0 spiro atoms. The fourth-order valence-corrected chi connectivity index (χ4v) is 2.72. The summed E-state index contributed by atoms with van der Waals surface area (Å²) >= 11 is 5.78. The van der Waals surface area contributed by atoms with Crippen molar-refractivity contribution < 1.29 is 8.42 Å². The summed E-state index contributed by atoms with van der Waals surface area (Å²) in [6.45, 7) is 0. The smallest absolute Gasteiger partial charge is 0.261 e. The topological polar surface area (TPSA) is 70.0 Å². The molecule has 0 radical (unpaired) electrons. The second-order valence-electron chi connectivity index (χ2n) is 3.72. The largest absolute Gasteiger partial charge is 0.280 e. The maximum absolute atomic E-state index is 12.1. The summed E-state index contributed by atoms with van der Waals surface area (Å²) in [7, 11) is -3.65. The maximum Gasteiger partial charge on any atom is 0.261 e. The van der Waals surface area contributed by atoms with Gasteiger partial charge in [-0.25, -0.2) is 8.42 Å². The molecule has 0 aliphatic heterocycles. The average molecular weight is 293 g/mol. The van der Waals surface area contributed by atoms with Crippen molar-refractivity contribution in [2.24, 2.45) is 0 Å². The van der Waals surface area contributed by atoms with Crippen LogP contribution in [-0.2, 0) is 10.0 Å². The van der Waals surface area contributed by atoms with Crippen molar-refractivity contribution in [3.8, 4) is 6.07 Å². The van der Waals surface area contributed by atoms with Crippen LogP contribution in [0.3, 0.4) is 0 Å². The predicted octanol–water partition coefficient (Wildman–Crippen LogP) is 3.01. The minimum Gasteiger partial charge on any atom is -0.280 e. The van der Waals surface area contributed by atoms with E-state index in [0.717, 1.165) is 0 Å². The molecular formula is C13H9ClN2O2S. The second-order valence-corrected chi connectivity index (χ2v) is 5.81. The van der Waals surface area contributed by atoms with E-state index in [0.29, 0.717) is 5.69 Å². The molecule has 0 bridgehead atoms. The highest BCUT2D eigenvalue weighted by molar-refractivity contribution is 7.92. The van der Waals surface area contributed by atoms with E-state index in [1.807, 2.05) is 6.07 Å². The summed E-state index contributed by atoms with van der Waals surface area (Å²) < 4.78 is 26.5. The SMILES string of the molecule is N#Cc1cc(NS(=O)(=O)c2ccccc2)ccc1Cl. The molecule has 2 rings (SSSR count). The second kappa shape index (κ2) is 5.31. The highest BCUT2D eigenvalue weighted by atomic mass is 35.5. The standard InChI is InChI=1S/C13H9ClN2O2S/c14-13-7-6-11(8-10(13)9-15)16-19(17,18)12-4-2-1-3-5-12/h1-8,16H. The lowest BCUT2D eigenvalue weighted by Crippen LogP contribution is -2.12. The van der Waals surface area contributed by atoms with E-state index in [9.17, 15) is 8.42 Å². The molecule has 4 nitrogen and oxygen atoms in total. The number of hydrogen-bond acceptors (Lipinski definition) is 3. The van der Waals surface area contributed by atoms with E-state index in [4.69, 9.17) is 16.9 Å². The van der Waals surface area contributed by atoms with Crippen LogP contribution in [0.25, 0.3) is 0 Å². The molecule has 2 aromatic rings. The van der Waals surface area contributed by atoms with Gasteiger partial charge in [0.05, 0.1) is 21.2 Å². The zero-order chi connectivity index (χ0) is 13.9. The number of halogens is 1. The van der Waals surface area contributed by atoms with Gasteiger partial charge in [-0.2, -0.15) is 5.26 Å². The van der Waals surface area contributed by atoms with Gasteiger partial charge in [-0.05, 0) is 30.3 Å². The highest BCUT2D eigenvalue weighted by Gasteiger charge is 2.14. The Morgan fingerprint density at radius 3 is 2.42 bits per heavy atom. The van der Waals surface area contributed by atoms with Gasteiger partial charge in [-0.1, -0.05) is 29.8 Å². The fourth-order valence-electron chi connectivity index (χ4n) is 1.49. The third kappa shape index (κ3) is 3.05. The minimum atomic E-state index is -3.65. The number of hydrogen-bond donors (Lipinski definition) is 1. The van der Waals surface area contributed by atoms with E-state index in [2.05, 4.69) is 4.72 Å². The molecule has 96 valence electrons. The van der Waals surface area contributed by atoms with Crippen molar-refractivity contribution in [2.75, 3.05) is 4.72 Å². The zero-order valence-corrected chi connectivity index (χ0v) is 11.2. The van der Waals surface area contributed by atoms with Crippen LogP contribution in [0, 0.1) is 11.3 Å². The van der Waals surface area contributed by atoms with Gasteiger partial charge in [-0.3, -0.25) is 4.72 Å². The Bertz CT molecular complexity index is 737. The highest BCUT2D eigenvalue weighted by Crippen LogP contribution is 2.22. The van der Waals surface area contributed by atoms with E-state index < -0.39 is 10.0 Å². The number of anilines is 1. The number of benzene rings is 2. The number of rotatable bonds is 3. The maximum atomic E-state index is 12.1. The molecular weight excluding hydrogens is 284 g/mol. The molecule has 0 amide bonds. The summed E-state index contributed by atoms with van der Waals surface area (Å²) in [4.78, 5) is 0.156. The monoisotopic (exact) mass is 292 g/mol. The Hall–Kier alpha value is -2.03. The normalized spacial score (nSPS) is 10.7. The van der Waals surface area contributed by atoms with Gasteiger partial charge in [-0.15, -0.1) is 0 Å². The van der Waals surface area contributed by atoms with Crippen LogP contribution in [0.5, 0.6) is 0 Å². The molecule has 0 fully saturated rings. The quantitative estimate of drug-likeness (QED) is 0.945. The first-order valence-corrected chi connectivity index (χ1v) is 7.16. The van der Waals surface area contributed by atoms with E-state index >= 15 is 0 Å². The first-order valence-electron chi connectivity index (χ1n) is 5.30. The van der Waals surface area contributed by atoms with Gasteiger partial charge < -0.3 is 0 Å². The summed E-state index contributed by atoms with van der Waals surface area (Å²) in [5, 5.41) is 9.13. The number of sulfonamides is 1. The molecule has 0 aliphatic rings. The van der Waals surface area contributed by atoms with Crippen molar-refractivity contribution in [3.05, 3.63) is 59.1 Å². The zero-order valence-electron chi connectivity index (χ0n) is 9.67. The molecule has 0 saturated heterocycles. The lowest BCUT2D eigenvalue weighted by Gasteiger charge is -2.08. The third-order valence-corrected chi connectivity index (χ3v) is 4.12. The van der Waals surface area contributed by atoms with Crippen LogP contribution in [0.2, 0.25) is 5.02 Å². The Balaban J connectivity index is 2.34. The van der Waals surface area contributed by atoms with Crippen molar-refractivity contribution in [3.63, 3.8) is 0 Å². The Kier molecular flexibility index (Phi) is 3.74. The molecule has 1 N–H and O–H groups in total. The third-order valence-electron chi connectivity index (χ3n) is 2.39. The molecule has 0 unspecified atom stereocenters. The van der Waals surface area contributed by atoms with Gasteiger partial charge in [0.25, 0.3) is 10.0 Å². The van der Waals surface area contributed by atoms with Crippen LogP contribution < -0.4 is 4.72 Å². The first kappa shape index (κ1) is 13.4. The summed E-state index contributed by atoms with van der Waals surface area (Å²) in [6.07, 6.45) is 0. The molecule has 19 heavy (non-hydrogen) atoms. The van der Waals surface area contributed by atoms with Crippen molar-refractivity contribution >= 4 is 27.3 Å². The van der Waals surface area contributed by atoms with Gasteiger partial charge >= 0.3 is 0 Å². The summed E-state index contributed by atoms with van der Waals surface area (Å²) in [5.41, 5.74) is 0.514. The van der Waals surface area contributed by atoms with Gasteiger partial charge in [0, 0.05) is 0 Å². The van der Waals surface area contributed by atoms with Gasteiger partial charge in [0.2, 0.25) is 0 Å². The Labute approximate surface area is 116 Å². The van der Waals surface area contributed by atoms with Crippen molar-refractivity contribution in [1.29, 1.82) is 5.26 Å². The molecule has 0 saturated carbocycles. The first-order chi connectivity index (χ1) is 9.03. The van der Waals surface area contributed by atoms with E-state index in [1.165, 1.54) is 30.3 Å².